The van der Waals surface area contributed by atoms with Crippen LogP contribution in [0, 0.1) is 12.7 Å². The average Bonchev–Trinajstić information content (AvgIpc) is 2.17. The minimum Gasteiger partial charge on any atom is -0.270 e. The smallest absolute Gasteiger partial charge is 0.167 e. The molecule has 0 aliphatic rings. The van der Waals surface area contributed by atoms with E-state index in [0.29, 0.717) is 17.8 Å². The Morgan fingerprint density at radius 1 is 1.60 bits per heavy atom. The Kier molecular flexibility index (Phi) is 1.74. The highest BCUT2D eigenvalue weighted by Gasteiger charge is 2.09. The second-order valence-corrected chi connectivity index (χ2v) is 2.32. The summed E-state index contributed by atoms with van der Waals surface area (Å²) in [6.07, 6.45) is 0.660. The molecule has 0 aliphatic heterocycles. The Morgan fingerprint density at radius 2 is 2.20 bits per heavy atom. The first-order chi connectivity index (χ1) is 4.66. The van der Waals surface area contributed by atoms with Crippen LogP contribution in [0.1, 0.15) is 18.3 Å². The van der Waals surface area contributed by atoms with Crippen molar-refractivity contribution in [3.8, 4) is 0 Å². The first-order valence-corrected chi connectivity index (χ1v) is 3.34. The first kappa shape index (κ1) is 7.25. The second-order valence-electron chi connectivity index (χ2n) is 2.32. The fourth-order valence-electron chi connectivity index (χ4n) is 0.877. The van der Waals surface area contributed by atoms with Crippen LogP contribution < -0.4 is 0 Å². The van der Waals surface area contributed by atoms with E-state index in [1.54, 1.807) is 18.7 Å². The van der Waals surface area contributed by atoms with Crippen LogP contribution in [0.25, 0.3) is 0 Å². The molecular weight excluding hydrogens is 131 g/mol. The van der Waals surface area contributed by atoms with Crippen LogP contribution in [0.5, 0.6) is 0 Å². The lowest BCUT2D eigenvalue weighted by Gasteiger charge is -1.88. The Morgan fingerprint density at radius 3 is 2.40 bits per heavy atom. The molecule has 3 heteroatoms. The molecule has 0 bridgehead atoms. The monoisotopic (exact) mass is 142 g/mol. The molecule has 1 aromatic rings. The Balaban J connectivity index is 3.17. The number of halogens is 1. The summed E-state index contributed by atoms with van der Waals surface area (Å²) in [5.74, 6) is -0.162. The van der Waals surface area contributed by atoms with Gasteiger partial charge in [-0.1, -0.05) is 6.92 Å². The number of aryl methyl sites for hydroxylation is 2. The van der Waals surface area contributed by atoms with Crippen molar-refractivity contribution < 1.29 is 4.39 Å². The summed E-state index contributed by atoms with van der Waals surface area (Å²) in [4.78, 5) is 0. The minimum atomic E-state index is -0.162. The Hall–Kier alpha value is -0.860. The van der Waals surface area contributed by atoms with Crippen LogP contribution in [-0.2, 0) is 13.5 Å². The van der Waals surface area contributed by atoms with Gasteiger partial charge < -0.3 is 0 Å². The van der Waals surface area contributed by atoms with Gasteiger partial charge in [-0.15, -0.1) is 0 Å². The molecule has 10 heavy (non-hydrogen) atoms. The van der Waals surface area contributed by atoms with E-state index in [-0.39, 0.29) is 5.82 Å². The number of hydrogen-bond acceptors (Lipinski definition) is 1. The fraction of sp³-hybridized carbons (Fsp3) is 0.571. The van der Waals surface area contributed by atoms with Crippen molar-refractivity contribution in [2.24, 2.45) is 7.05 Å². The van der Waals surface area contributed by atoms with Gasteiger partial charge in [0.05, 0.1) is 11.4 Å². The second kappa shape index (κ2) is 2.40. The van der Waals surface area contributed by atoms with Crippen LogP contribution in [-0.4, -0.2) is 9.78 Å². The van der Waals surface area contributed by atoms with Crippen molar-refractivity contribution in [2.45, 2.75) is 20.3 Å². The molecule has 56 valence electrons. The van der Waals surface area contributed by atoms with Crippen molar-refractivity contribution in [1.29, 1.82) is 0 Å². The highest BCUT2D eigenvalue weighted by atomic mass is 19.1. The number of nitrogens with zero attached hydrogens (tertiary/aromatic N) is 2. The molecule has 0 saturated carbocycles. The zero-order chi connectivity index (χ0) is 7.72. The minimum absolute atomic E-state index is 0.162. The molecule has 0 fully saturated rings. The number of hydrogen-bond donors (Lipinski definition) is 0. The third-order valence-corrected chi connectivity index (χ3v) is 1.66. The van der Waals surface area contributed by atoms with E-state index < -0.39 is 0 Å². The van der Waals surface area contributed by atoms with Crippen molar-refractivity contribution in [1.82, 2.24) is 9.78 Å². The van der Waals surface area contributed by atoms with Crippen LogP contribution in [0.3, 0.4) is 0 Å². The largest absolute Gasteiger partial charge is 0.270 e. The lowest BCUT2D eigenvalue weighted by atomic mass is 10.3. The summed E-state index contributed by atoms with van der Waals surface area (Å²) in [5.41, 5.74) is 1.16. The van der Waals surface area contributed by atoms with E-state index in [1.165, 1.54) is 0 Å². The standard InChI is InChI=1S/C7H11FN2/c1-4-6-7(8)5(2)10(3)9-6/h4H2,1-3H3. The van der Waals surface area contributed by atoms with E-state index in [4.69, 9.17) is 0 Å². The summed E-state index contributed by atoms with van der Waals surface area (Å²) in [6.45, 7) is 3.62. The van der Waals surface area contributed by atoms with Gasteiger partial charge in [-0.2, -0.15) is 5.10 Å². The van der Waals surface area contributed by atoms with E-state index in [1.807, 2.05) is 6.92 Å². The number of aromatic nitrogens is 2. The van der Waals surface area contributed by atoms with Gasteiger partial charge >= 0.3 is 0 Å². The molecule has 1 rings (SSSR count). The molecule has 0 aromatic carbocycles. The summed E-state index contributed by atoms with van der Waals surface area (Å²) in [5, 5.41) is 3.97. The molecule has 0 N–H and O–H groups in total. The molecule has 0 radical (unpaired) electrons. The van der Waals surface area contributed by atoms with E-state index in [0.717, 1.165) is 0 Å². The quantitative estimate of drug-likeness (QED) is 0.580. The van der Waals surface area contributed by atoms with Crippen molar-refractivity contribution in [2.75, 3.05) is 0 Å². The molecule has 1 aromatic heterocycles. The third-order valence-electron chi connectivity index (χ3n) is 1.66. The van der Waals surface area contributed by atoms with Crippen molar-refractivity contribution in [3.05, 3.63) is 17.2 Å². The summed E-state index contributed by atoms with van der Waals surface area (Å²) in [6, 6.07) is 0. The first-order valence-electron chi connectivity index (χ1n) is 3.34. The predicted molar refractivity (Wildman–Crippen MR) is 37.3 cm³/mol. The molecule has 0 unspecified atom stereocenters. The van der Waals surface area contributed by atoms with Gasteiger partial charge in [-0.3, -0.25) is 4.68 Å². The molecule has 0 aliphatic carbocycles. The highest BCUT2D eigenvalue weighted by molar-refractivity contribution is 5.11. The van der Waals surface area contributed by atoms with E-state index >= 15 is 0 Å². The Bertz CT molecular complexity index is 240. The SMILES string of the molecule is CCc1nn(C)c(C)c1F. The zero-order valence-electron chi connectivity index (χ0n) is 6.48. The van der Waals surface area contributed by atoms with Gasteiger partial charge in [-0.05, 0) is 13.3 Å². The zero-order valence-corrected chi connectivity index (χ0v) is 6.48. The van der Waals surface area contributed by atoms with Crippen molar-refractivity contribution >= 4 is 0 Å². The normalized spacial score (nSPS) is 10.4. The highest BCUT2D eigenvalue weighted by Crippen LogP contribution is 2.09. The molecule has 0 atom stereocenters. The maximum Gasteiger partial charge on any atom is 0.167 e. The fourth-order valence-corrected chi connectivity index (χ4v) is 0.877. The van der Waals surface area contributed by atoms with E-state index in [2.05, 4.69) is 5.10 Å². The van der Waals surface area contributed by atoms with Gasteiger partial charge in [0.15, 0.2) is 5.82 Å². The van der Waals surface area contributed by atoms with Gasteiger partial charge in [-0.25, -0.2) is 4.39 Å². The lowest BCUT2D eigenvalue weighted by molar-refractivity contribution is 0.600. The molecule has 1 heterocycles. The van der Waals surface area contributed by atoms with Crippen LogP contribution >= 0.6 is 0 Å². The Labute approximate surface area is 59.7 Å². The van der Waals surface area contributed by atoms with E-state index in [9.17, 15) is 4.39 Å². The summed E-state index contributed by atoms with van der Waals surface area (Å²) < 4.78 is 14.5. The molecule has 0 spiro atoms. The summed E-state index contributed by atoms with van der Waals surface area (Å²) in [7, 11) is 1.75. The average molecular weight is 142 g/mol. The van der Waals surface area contributed by atoms with Gasteiger partial charge in [0.1, 0.15) is 0 Å². The van der Waals surface area contributed by atoms with Crippen molar-refractivity contribution in [3.63, 3.8) is 0 Å². The summed E-state index contributed by atoms with van der Waals surface area (Å²) >= 11 is 0. The predicted octanol–water partition coefficient (Wildman–Crippen LogP) is 1.43. The molecule has 2 nitrogen and oxygen atoms in total. The maximum absolute atomic E-state index is 12.9. The third kappa shape index (κ3) is 0.916. The molecule has 0 saturated heterocycles. The van der Waals surface area contributed by atoms with Crippen LogP contribution in [0.4, 0.5) is 4.39 Å². The van der Waals surface area contributed by atoms with Gasteiger partial charge in [0, 0.05) is 7.05 Å². The maximum atomic E-state index is 12.9. The van der Waals surface area contributed by atoms with Gasteiger partial charge in [0.25, 0.3) is 0 Å². The van der Waals surface area contributed by atoms with Crippen LogP contribution in [0.15, 0.2) is 0 Å². The molecule has 0 amide bonds. The molecular formula is C7H11FN2. The lowest BCUT2D eigenvalue weighted by Crippen LogP contribution is -1.92. The number of rotatable bonds is 1. The topological polar surface area (TPSA) is 17.8 Å². The van der Waals surface area contributed by atoms with Gasteiger partial charge in [0.2, 0.25) is 0 Å². The van der Waals surface area contributed by atoms with Crippen LogP contribution in [0.2, 0.25) is 0 Å².